The molecule has 0 aliphatic heterocycles. The fourth-order valence-corrected chi connectivity index (χ4v) is 1.08. The van der Waals surface area contributed by atoms with Crippen LogP contribution in [0.25, 0.3) is 0 Å². The van der Waals surface area contributed by atoms with Gasteiger partial charge in [-0.2, -0.15) is 5.10 Å². The van der Waals surface area contributed by atoms with E-state index in [0.717, 1.165) is 12.4 Å². The topological polar surface area (TPSA) is 85.8 Å². The SMILES string of the molecule is CCn1ncnc1CNC(C)(C)C(N)=O. The maximum atomic E-state index is 11.1. The Balaban J connectivity index is 2.61. The first-order valence-corrected chi connectivity index (χ1v) is 4.89. The van der Waals surface area contributed by atoms with Crippen molar-refractivity contribution in [2.45, 2.75) is 39.4 Å². The molecule has 0 unspecified atom stereocenters. The molecular formula is C9H17N5O. The Morgan fingerprint density at radius 2 is 2.33 bits per heavy atom. The molecule has 15 heavy (non-hydrogen) atoms. The Morgan fingerprint density at radius 3 is 2.87 bits per heavy atom. The van der Waals surface area contributed by atoms with Gasteiger partial charge in [-0.15, -0.1) is 0 Å². The van der Waals surface area contributed by atoms with Crippen LogP contribution in [0.3, 0.4) is 0 Å². The van der Waals surface area contributed by atoms with Gasteiger partial charge in [-0.05, 0) is 20.8 Å². The molecule has 6 nitrogen and oxygen atoms in total. The summed E-state index contributed by atoms with van der Waals surface area (Å²) in [6.07, 6.45) is 1.50. The van der Waals surface area contributed by atoms with Crippen molar-refractivity contribution in [1.82, 2.24) is 20.1 Å². The van der Waals surface area contributed by atoms with Crippen LogP contribution in [0, 0.1) is 0 Å². The number of amides is 1. The molecule has 0 aromatic carbocycles. The number of nitrogens with zero attached hydrogens (tertiary/aromatic N) is 3. The van der Waals surface area contributed by atoms with Crippen molar-refractivity contribution in [2.75, 3.05) is 0 Å². The minimum absolute atomic E-state index is 0.384. The van der Waals surface area contributed by atoms with Crippen LogP contribution in [-0.4, -0.2) is 26.2 Å². The van der Waals surface area contributed by atoms with Crippen LogP contribution in [0.2, 0.25) is 0 Å². The number of nitrogens with one attached hydrogen (secondary N) is 1. The highest BCUT2D eigenvalue weighted by atomic mass is 16.1. The molecule has 1 amide bonds. The van der Waals surface area contributed by atoms with E-state index in [1.165, 1.54) is 6.33 Å². The lowest BCUT2D eigenvalue weighted by Gasteiger charge is -2.21. The van der Waals surface area contributed by atoms with E-state index in [1.807, 2.05) is 6.92 Å². The third-order valence-electron chi connectivity index (χ3n) is 2.30. The Labute approximate surface area is 88.9 Å². The Morgan fingerprint density at radius 1 is 1.67 bits per heavy atom. The molecule has 0 saturated carbocycles. The molecule has 6 heteroatoms. The smallest absolute Gasteiger partial charge is 0.237 e. The monoisotopic (exact) mass is 211 g/mol. The summed E-state index contributed by atoms with van der Waals surface area (Å²) in [6.45, 7) is 6.69. The van der Waals surface area contributed by atoms with E-state index in [0.29, 0.717) is 6.54 Å². The number of hydrogen-bond acceptors (Lipinski definition) is 4. The molecule has 0 saturated heterocycles. The molecule has 0 aliphatic carbocycles. The van der Waals surface area contributed by atoms with E-state index in [9.17, 15) is 4.79 Å². The molecule has 0 radical (unpaired) electrons. The van der Waals surface area contributed by atoms with Gasteiger partial charge >= 0.3 is 0 Å². The van der Waals surface area contributed by atoms with E-state index < -0.39 is 5.54 Å². The standard InChI is InChI=1S/C9H17N5O/c1-4-14-7(11-6-13-14)5-12-9(2,3)8(10)15/h6,12H,4-5H2,1-3H3,(H2,10,15). The average Bonchev–Trinajstić information content (AvgIpc) is 2.61. The molecule has 0 atom stereocenters. The zero-order chi connectivity index (χ0) is 11.5. The highest BCUT2D eigenvalue weighted by molar-refractivity contribution is 5.83. The Kier molecular flexibility index (Phi) is 3.41. The summed E-state index contributed by atoms with van der Waals surface area (Å²) in [5, 5.41) is 7.07. The molecule has 0 bridgehead atoms. The second kappa shape index (κ2) is 4.39. The molecule has 1 rings (SSSR count). The highest BCUT2D eigenvalue weighted by Crippen LogP contribution is 2.02. The fraction of sp³-hybridized carbons (Fsp3) is 0.667. The maximum absolute atomic E-state index is 11.1. The molecule has 0 aliphatic rings. The lowest BCUT2D eigenvalue weighted by molar-refractivity contribution is -0.123. The minimum Gasteiger partial charge on any atom is -0.368 e. The van der Waals surface area contributed by atoms with Crippen molar-refractivity contribution in [3.8, 4) is 0 Å². The predicted molar refractivity (Wildman–Crippen MR) is 55.8 cm³/mol. The van der Waals surface area contributed by atoms with E-state index >= 15 is 0 Å². The van der Waals surface area contributed by atoms with Crippen LogP contribution in [0.4, 0.5) is 0 Å². The second-order valence-corrected chi connectivity index (χ2v) is 3.83. The first-order valence-electron chi connectivity index (χ1n) is 4.89. The summed E-state index contributed by atoms with van der Waals surface area (Å²) in [7, 11) is 0. The average molecular weight is 211 g/mol. The summed E-state index contributed by atoms with van der Waals surface area (Å²) < 4.78 is 1.77. The Bertz CT molecular complexity index is 344. The summed E-state index contributed by atoms with van der Waals surface area (Å²) >= 11 is 0. The van der Waals surface area contributed by atoms with Gasteiger partial charge in [0, 0.05) is 6.54 Å². The molecule has 0 fully saturated rings. The van der Waals surface area contributed by atoms with Crippen LogP contribution in [0.15, 0.2) is 6.33 Å². The van der Waals surface area contributed by atoms with Crippen molar-refractivity contribution >= 4 is 5.91 Å². The summed E-state index contributed by atoms with van der Waals surface area (Å²) in [6, 6.07) is 0. The van der Waals surface area contributed by atoms with Crippen molar-refractivity contribution in [3.63, 3.8) is 0 Å². The van der Waals surface area contributed by atoms with Gasteiger partial charge in [0.05, 0.1) is 12.1 Å². The molecule has 84 valence electrons. The number of primary amides is 1. The number of hydrogen-bond donors (Lipinski definition) is 2. The van der Waals surface area contributed by atoms with Gasteiger partial charge in [-0.25, -0.2) is 9.67 Å². The fourth-order valence-electron chi connectivity index (χ4n) is 1.08. The maximum Gasteiger partial charge on any atom is 0.237 e. The van der Waals surface area contributed by atoms with Gasteiger partial charge in [0.1, 0.15) is 12.2 Å². The molecule has 1 heterocycles. The van der Waals surface area contributed by atoms with Crippen LogP contribution < -0.4 is 11.1 Å². The van der Waals surface area contributed by atoms with Gasteiger partial charge < -0.3 is 5.73 Å². The van der Waals surface area contributed by atoms with E-state index in [2.05, 4.69) is 15.4 Å². The van der Waals surface area contributed by atoms with E-state index in [-0.39, 0.29) is 5.91 Å². The molecule has 1 aromatic heterocycles. The number of aromatic nitrogens is 3. The molecular weight excluding hydrogens is 194 g/mol. The molecule has 0 spiro atoms. The first-order chi connectivity index (χ1) is 6.97. The van der Waals surface area contributed by atoms with Crippen molar-refractivity contribution in [3.05, 3.63) is 12.2 Å². The number of carbonyl (C=O) groups is 1. The molecule has 1 aromatic rings. The van der Waals surface area contributed by atoms with Crippen LogP contribution in [0.5, 0.6) is 0 Å². The lowest BCUT2D eigenvalue weighted by Crippen LogP contribution is -2.50. The lowest BCUT2D eigenvalue weighted by atomic mass is 10.1. The minimum atomic E-state index is -0.732. The van der Waals surface area contributed by atoms with E-state index in [4.69, 9.17) is 5.73 Å². The Hall–Kier alpha value is -1.43. The van der Waals surface area contributed by atoms with Crippen molar-refractivity contribution in [1.29, 1.82) is 0 Å². The summed E-state index contributed by atoms with van der Waals surface area (Å²) in [5.41, 5.74) is 4.50. The first kappa shape index (κ1) is 11.6. The number of carbonyl (C=O) groups excluding carboxylic acids is 1. The number of aryl methyl sites for hydroxylation is 1. The van der Waals surface area contributed by atoms with E-state index in [1.54, 1.807) is 18.5 Å². The van der Waals surface area contributed by atoms with Crippen LogP contribution >= 0.6 is 0 Å². The van der Waals surface area contributed by atoms with Gasteiger partial charge in [0.2, 0.25) is 5.91 Å². The zero-order valence-corrected chi connectivity index (χ0v) is 9.32. The highest BCUT2D eigenvalue weighted by Gasteiger charge is 2.24. The zero-order valence-electron chi connectivity index (χ0n) is 9.32. The predicted octanol–water partition coefficient (Wildman–Crippen LogP) is -0.348. The number of nitrogens with two attached hydrogens (primary N) is 1. The van der Waals surface area contributed by atoms with Gasteiger partial charge in [0.15, 0.2) is 0 Å². The third-order valence-corrected chi connectivity index (χ3v) is 2.30. The van der Waals surface area contributed by atoms with Crippen LogP contribution in [-0.2, 0) is 17.9 Å². The van der Waals surface area contributed by atoms with Gasteiger partial charge in [-0.3, -0.25) is 10.1 Å². The van der Waals surface area contributed by atoms with Gasteiger partial charge in [-0.1, -0.05) is 0 Å². The van der Waals surface area contributed by atoms with Crippen molar-refractivity contribution < 1.29 is 4.79 Å². The summed E-state index contributed by atoms with van der Waals surface area (Å²) in [4.78, 5) is 15.1. The summed E-state index contributed by atoms with van der Waals surface area (Å²) in [5.74, 6) is 0.414. The second-order valence-electron chi connectivity index (χ2n) is 3.83. The quantitative estimate of drug-likeness (QED) is 0.697. The number of rotatable bonds is 5. The van der Waals surface area contributed by atoms with Crippen LogP contribution in [0.1, 0.15) is 26.6 Å². The largest absolute Gasteiger partial charge is 0.368 e. The van der Waals surface area contributed by atoms with Crippen molar-refractivity contribution in [2.24, 2.45) is 5.73 Å². The van der Waals surface area contributed by atoms with Gasteiger partial charge in [0.25, 0.3) is 0 Å². The molecule has 3 N–H and O–H groups in total. The third kappa shape index (κ3) is 2.76. The normalized spacial score (nSPS) is 11.7.